The van der Waals surface area contributed by atoms with Crippen molar-refractivity contribution < 1.29 is 17.6 Å². The molecule has 0 bridgehead atoms. The minimum absolute atomic E-state index is 0.0212. The van der Waals surface area contributed by atoms with Crippen molar-refractivity contribution in [2.24, 2.45) is 0 Å². The summed E-state index contributed by atoms with van der Waals surface area (Å²) < 4.78 is 38.5. The van der Waals surface area contributed by atoms with E-state index in [1.54, 1.807) is 37.3 Å². The lowest BCUT2D eigenvalue weighted by Gasteiger charge is -2.12. The Balaban J connectivity index is 1.85. The van der Waals surface area contributed by atoms with Crippen LogP contribution in [0.25, 0.3) is 11.5 Å². The van der Waals surface area contributed by atoms with Crippen molar-refractivity contribution in [1.82, 2.24) is 14.7 Å². The first kappa shape index (κ1) is 17.1. The lowest BCUT2D eigenvalue weighted by molar-refractivity contribution is 0.331. The van der Waals surface area contributed by atoms with Crippen LogP contribution >= 0.6 is 0 Å². The van der Waals surface area contributed by atoms with Gasteiger partial charge in [0.1, 0.15) is 16.3 Å². The van der Waals surface area contributed by atoms with Gasteiger partial charge in [0, 0.05) is 12.4 Å². The van der Waals surface area contributed by atoms with E-state index in [9.17, 15) is 8.42 Å². The largest absolute Gasteiger partial charge is 0.492 e. The maximum Gasteiger partial charge on any atom is 0.244 e. The predicted octanol–water partition coefficient (Wildman–Crippen LogP) is 2.61. The molecule has 3 aromatic rings. The van der Waals surface area contributed by atoms with Crippen LogP contribution in [0, 0.1) is 0 Å². The van der Waals surface area contributed by atoms with Crippen molar-refractivity contribution in [1.29, 1.82) is 0 Å². The second-order valence-electron chi connectivity index (χ2n) is 5.03. The van der Waals surface area contributed by atoms with E-state index in [0.29, 0.717) is 29.5 Å². The second-order valence-corrected chi connectivity index (χ2v) is 6.77. The maximum absolute atomic E-state index is 12.6. The first-order valence-electron chi connectivity index (χ1n) is 7.67. The number of hydrogen-bond acceptors (Lipinski definition) is 6. The minimum atomic E-state index is -3.77. The third-order valence-electron chi connectivity index (χ3n) is 3.40. The first-order valence-corrected chi connectivity index (χ1v) is 9.15. The minimum Gasteiger partial charge on any atom is -0.492 e. The van der Waals surface area contributed by atoms with Gasteiger partial charge in [0.15, 0.2) is 5.76 Å². The normalized spacial score (nSPS) is 11.4. The molecule has 2 heterocycles. The average molecular weight is 359 g/mol. The van der Waals surface area contributed by atoms with Gasteiger partial charge in [-0.2, -0.15) is 0 Å². The molecule has 0 aliphatic rings. The monoisotopic (exact) mass is 359 g/mol. The number of nitrogens with zero attached hydrogens (tertiary/aromatic N) is 2. The quantitative estimate of drug-likeness (QED) is 0.697. The Morgan fingerprint density at radius 1 is 1.12 bits per heavy atom. The van der Waals surface area contributed by atoms with Gasteiger partial charge in [-0.15, -0.1) is 0 Å². The number of nitrogens with one attached hydrogen (secondary N) is 1. The van der Waals surface area contributed by atoms with Crippen LogP contribution in [0.4, 0.5) is 0 Å². The molecule has 0 saturated heterocycles. The third kappa shape index (κ3) is 3.86. The summed E-state index contributed by atoms with van der Waals surface area (Å²) in [5.41, 5.74) is 0.961. The predicted molar refractivity (Wildman–Crippen MR) is 91.4 cm³/mol. The van der Waals surface area contributed by atoms with Gasteiger partial charge in [0.25, 0.3) is 0 Å². The van der Waals surface area contributed by atoms with Crippen molar-refractivity contribution in [3.63, 3.8) is 0 Å². The van der Waals surface area contributed by atoms with E-state index in [-0.39, 0.29) is 11.4 Å². The zero-order valence-electron chi connectivity index (χ0n) is 13.5. The number of ether oxygens (including phenoxy) is 1. The fourth-order valence-corrected chi connectivity index (χ4v) is 3.44. The number of aromatic nitrogens is 2. The number of furan rings is 1. The van der Waals surface area contributed by atoms with Gasteiger partial charge in [-0.05, 0) is 31.2 Å². The van der Waals surface area contributed by atoms with Gasteiger partial charge in [0.05, 0.1) is 25.1 Å². The summed E-state index contributed by atoms with van der Waals surface area (Å²) in [7, 11) is -3.77. The van der Waals surface area contributed by atoms with E-state index in [0.717, 1.165) is 0 Å². The van der Waals surface area contributed by atoms with E-state index in [1.807, 2.05) is 0 Å². The molecule has 130 valence electrons. The molecule has 0 amide bonds. The van der Waals surface area contributed by atoms with Crippen molar-refractivity contribution in [3.05, 3.63) is 60.7 Å². The number of para-hydroxylation sites is 1. The Labute approximate surface area is 145 Å². The highest BCUT2D eigenvalue weighted by Crippen LogP contribution is 2.24. The number of hydrogen-bond donors (Lipinski definition) is 1. The molecule has 7 nitrogen and oxygen atoms in total. The summed E-state index contributed by atoms with van der Waals surface area (Å²) in [4.78, 5) is 8.52. The number of benzene rings is 1. The highest BCUT2D eigenvalue weighted by Gasteiger charge is 2.20. The fraction of sp³-hybridized carbons (Fsp3) is 0.176. The van der Waals surface area contributed by atoms with Gasteiger partial charge in [-0.25, -0.2) is 18.1 Å². The Hall–Kier alpha value is -2.71. The van der Waals surface area contributed by atoms with Crippen molar-refractivity contribution in [3.8, 4) is 17.2 Å². The summed E-state index contributed by atoms with van der Waals surface area (Å²) in [5, 5.41) is 0. The summed E-state index contributed by atoms with van der Waals surface area (Å²) in [6.07, 6.45) is 4.56. The van der Waals surface area contributed by atoms with Crippen LogP contribution in [-0.2, 0) is 16.6 Å². The summed E-state index contributed by atoms with van der Waals surface area (Å²) in [6, 6.07) is 9.96. The summed E-state index contributed by atoms with van der Waals surface area (Å²) >= 11 is 0. The molecule has 0 aliphatic heterocycles. The molecule has 25 heavy (non-hydrogen) atoms. The van der Waals surface area contributed by atoms with Crippen LogP contribution in [0.5, 0.6) is 5.75 Å². The average Bonchev–Trinajstić information content (AvgIpc) is 3.15. The van der Waals surface area contributed by atoms with Gasteiger partial charge in [-0.1, -0.05) is 12.1 Å². The highest BCUT2D eigenvalue weighted by atomic mass is 32.2. The molecule has 1 aromatic carbocycles. The zero-order chi connectivity index (χ0) is 17.7. The van der Waals surface area contributed by atoms with Crippen LogP contribution in [0.1, 0.15) is 12.6 Å². The topological polar surface area (TPSA) is 94.3 Å². The van der Waals surface area contributed by atoms with Gasteiger partial charge in [-0.3, -0.25) is 4.98 Å². The lowest BCUT2D eigenvalue weighted by Crippen LogP contribution is -2.24. The van der Waals surface area contributed by atoms with Gasteiger partial charge < -0.3 is 9.15 Å². The number of rotatable bonds is 7. The maximum atomic E-state index is 12.6. The van der Waals surface area contributed by atoms with Gasteiger partial charge >= 0.3 is 0 Å². The Morgan fingerprint density at radius 2 is 1.92 bits per heavy atom. The second kappa shape index (κ2) is 7.45. The Morgan fingerprint density at radius 3 is 2.68 bits per heavy atom. The van der Waals surface area contributed by atoms with E-state index < -0.39 is 10.0 Å². The van der Waals surface area contributed by atoms with Crippen LogP contribution in [-0.4, -0.2) is 25.0 Å². The van der Waals surface area contributed by atoms with Crippen LogP contribution in [0.15, 0.2) is 64.4 Å². The third-order valence-corrected chi connectivity index (χ3v) is 4.84. The van der Waals surface area contributed by atoms with E-state index in [4.69, 9.17) is 9.15 Å². The standard InChI is InChI=1S/C17H17N3O4S/c1-2-23-14-6-3-4-8-16(14)25(21,22)20-12-13-17(19-10-9-18-13)15-7-5-11-24-15/h3-11,20H,2,12H2,1H3. The Kier molecular flexibility index (Phi) is 5.11. The SMILES string of the molecule is CCOc1ccccc1S(=O)(=O)NCc1nccnc1-c1ccco1. The molecular formula is C17H17N3O4S. The molecule has 2 aromatic heterocycles. The molecule has 0 fully saturated rings. The van der Waals surface area contributed by atoms with E-state index in [1.165, 1.54) is 24.7 Å². The number of sulfonamides is 1. The van der Waals surface area contributed by atoms with Crippen LogP contribution in [0.3, 0.4) is 0 Å². The zero-order valence-corrected chi connectivity index (χ0v) is 14.4. The molecule has 0 unspecified atom stereocenters. The molecule has 0 spiro atoms. The molecule has 1 N–H and O–H groups in total. The summed E-state index contributed by atoms with van der Waals surface area (Å²) in [5.74, 6) is 0.833. The van der Waals surface area contributed by atoms with Crippen molar-refractivity contribution >= 4 is 10.0 Å². The van der Waals surface area contributed by atoms with Crippen molar-refractivity contribution in [2.45, 2.75) is 18.4 Å². The molecule has 0 aliphatic carbocycles. The van der Waals surface area contributed by atoms with E-state index in [2.05, 4.69) is 14.7 Å². The lowest BCUT2D eigenvalue weighted by atomic mass is 10.2. The summed E-state index contributed by atoms with van der Waals surface area (Å²) in [6.45, 7) is 2.15. The van der Waals surface area contributed by atoms with Crippen LogP contribution < -0.4 is 9.46 Å². The smallest absolute Gasteiger partial charge is 0.244 e. The Bertz CT molecular complexity index is 940. The molecule has 3 rings (SSSR count). The van der Waals surface area contributed by atoms with Crippen LogP contribution in [0.2, 0.25) is 0 Å². The fourth-order valence-electron chi connectivity index (χ4n) is 2.30. The molecular weight excluding hydrogens is 342 g/mol. The van der Waals surface area contributed by atoms with Gasteiger partial charge in [0.2, 0.25) is 10.0 Å². The van der Waals surface area contributed by atoms with E-state index >= 15 is 0 Å². The first-order chi connectivity index (χ1) is 12.1. The molecule has 0 saturated carbocycles. The molecule has 0 radical (unpaired) electrons. The van der Waals surface area contributed by atoms with Crippen molar-refractivity contribution in [2.75, 3.05) is 6.61 Å². The highest BCUT2D eigenvalue weighted by molar-refractivity contribution is 7.89. The molecule has 0 atom stereocenters. The molecule has 8 heteroatoms.